The van der Waals surface area contributed by atoms with Crippen molar-refractivity contribution in [2.75, 3.05) is 0 Å². The number of aryl methyl sites for hydroxylation is 1. The minimum Gasteiger partial charge on any atom is -0.310 e. The first kappa shape index (κ1) is 13.9. The maximum Gasteiger partial charge on any atom is 0.416 e. The van der Waals surface area contributed by atoms with Gasteiger partial charge in [0.2, 0.25) is 0 Å². The number of hydrogen-bond donors (Lipinski definition) is 1. The monoisotopic (exact) mass is 294 g/mol. The lowest BCUT2D eigenvalue weighted by molar-refractivity contribution is -0.137. The zero-order chi connectivity index (χ0) is 15.0. The molecule has 110 valence electrons. The van der Waals surface area contributed by atoms with E-state index in [0.29, 0.717) is 17.0 Å². The van der Waals surface area contributed by atoms with Crippen LogP contribution in [0.2, 0.25) is 0 Å². The number of halogens is 3. The summed E-state index contributed by atoms with van der Waals surface area (Å²) in [6.07, 6.45) is -1.80. The Bertz CT molecular complexity index is 734. The van der Waals surface area contributed by atoms with E-state index in [2.05, 4.69) is 9.97 Å². The molecule has 0 saturated heterocycles. The average Bonchev–Trinajstić information content (AvgIpc) is 2.87. The third-order valence-electron chi connectivity index (χ3n) is 3.62. The van der Waals surface area contributed by atoms with Crippen molar-refractivity contribution in [1.29, 1.82) is 0 Å². The normalized spacial score (nSPS) is 14.2. The largest absolute Gasteiger partial charge is 0.416 e. The van der Waals surface area contributed by atoms with Gasteiger partial charge in [0.15, 0.2) is 0 Å². The van der Waals surface area contributed by atoms with E-state index < -0.39 is 11.7 Å². The first-order chi connectivity index (χ1) is 9.93. The van der Waals surface area contributed by atoms with Crippen molar-refractivity contribution < 1.29 is 13.2 Å². The molecule has 0 radical (unpaired) electrons. The Morgan fingerprint density at radius 1 is 1.24 bits per heavy atom. The van der Waals surface area contributed by atoms with Crippen LogP contribution in [0.1, 0.15) is 34.6 Å². The number of nitrogens with zero attached hydrogens (tertiary/aromatic N) is 1. The van der Waals surface area contributed by atoms with Crippen molar-refractivity contribution in [3.05, 3.63) is 62.8 Å². The van der Waals surface area contributed by atoms with E-state index in [4.69, 9.17) is 0 Å². The molecular formula is C15H13F3N2O. The van der Waals surface area contributed by atoms with Crippen molar-refractivity contribution in [2.45, 2.75) is 31.9 Å². The summed E-state index contributed by atoms with van der Waals surface area (Å²) in [5.41, 5.74) is 1.11. The van der Waals surface area contributed by atoms with Crippen LogP contribution in [0.15, 0.2) is 29.1 Å². The maximum absolute atomic E-state index is 12.7. The molecule has 0 amide bonds. The number of aromatic nitrogens is 2. The molecule has 1 N–H and O–H groups in total. The lowest BCUT2D eigenvalue weighted by Crippen LogP contribution is -2.17. The lowest BCUT2D eigenvalue weighted by Gasteiger charge is -2.09. The van der Waals surface area contributed by atoms with Crippen molar-refractivity contribution in [2.24, 2.45) is 0 Å². The summed E-state index contributed by atoms with van der Waals surface area (Å²) in [6, 6.07) is 5.08. The van der Waals surface area contributed by atoms with Crippen LogP contribution in [0.5, 0.6) is 0 Å². The van der Waals surface area contributed by atoms with Gasteiger partial charge < -0.3 is 4.98 Å². The molecule has 2 aromatic rings. The second kappa shape index (κ2) is 5.02. The van der Waals surface area contributed by atoms with Gasteiger partial charge in [-0.1, -0.05) is 18.2 Å². The number of fused-ring (bicyclic) bond motifs is 1. The quantitative estimate of drug-likeness (QED) is 0.925. The highest BCUT2D eigenvalue weighted by atomic mass is 19.4. The topological polar surface area (TPSA) is 45.8 Å². The molecule has 1 aliphatic rings. The fourth-order valence-electron chi connectivity index (χ4n) is 2.63. The first-order valence-electron chi connectivity index (χ1n) is 6.70. The molecule has 6 heteroatoms. The molecule has 0 bridgehead atoms. The van der Waals surface area contributed by atoms with E-state index >= 15 is 0 Å². The summed E-state index contributed by atoms with van der Waals surface area (Å²) in [6.45, 7) is 0. The van der Waals surface area contributed by atoms with E-state index in [-0.39, 0.29) is 12.0 Å². The van der Waals surface area contributed by atoms with E-state index in [9.17, 15) is 18.0 Å². The number of rotatable bonds is 2. The van der Waals surface area contributed by atoms with Gasteiger partial charge in [-0.3, -0.25) is 4.79 Å². The SMILES string of the molecule is O=c1[nH]c(Cc2cccc(C(F)(F)F)c2)nc2c1CCC2. The fourth-order valence-corrected chi connectivity index (χ4v) is 2.63. The molecule has 0 aliphatic heterocycles. The van der Waals surface area contributed by atoms with E-state index in [1.165, 1.54) is 6.07 Å². The standard InChI is InChI=1S/C15H13F3N2O/c16-15(17,18)10-4-1-3-9(7-10)8-13-19-12-6-2-5-11(12)14(21)20-13/h1,3-4,7H,2,5-6,8H2,(H,19,20,21). The van der Waals surface area contributed by atoms with Crippen LogP contribution >= 0.6 is 0 Å². The van der Waals surface area contributed by atoms with E-state index in [1.54, 1.807) is 6.07 Å². The van der Waals surface area contributed by atoms with Crippen molar-refractivity contribution >= 4 is 0 Å². The zero-order valence-corrected chi connectivity index (χ0v) is 11.1. The molecule has 21 heavy (non-hydrogen) atoms. The Morgan fingerprint density at radius 2 is 2.05 bits per heavy atom. The zero-order valence-electron chi connectivity index (χ0n) is 11.1. The number of aromatic amines is 1. The Morgan fingerprint density at radius 3 is 2.81 bits per heavy atom. The predicted molar refractivity (Wildman–Crippen MR) is 71.1 cm³/mol. The Kier molecular flexibility index (Phi) is 3.31. The number of nitrogens with one attached hydrogen (secondary N) is 1. The molecule has 1 heterocycles. The second-order valence-electron chi connectivity index (χ2n) is 5.17. The second-order valence-corrected chi connectivity index (χ2v) is 5.17. The van der Waals surface area contributed by atoms with Crippen molar-refractivity contribution in [3.63, 3.8) is 0 Å². The molecule has 1 aromatic heterocycles. The van der Waals surface area contributed by atoms with Gasteiger partial charge in [0.25, 0.3) is 5.56 Å². The van der Waals surface area contributed by atoms with Gasteiger partial charge in [0, 0.05) is 12.0 Å². The number of benzene rings is 1. The third-order valence-corrected chi connectivity index (χ3v) is 3.62. The van der Waals surface area contributed by atoms with Crippen LogP contribution in [0.25, 0.3) is 0 Å². The summed E-state index contributed by atoms with van der Waals surface area (Å²) < 4.78 is 38.0. The maximum atomic E-state index is 12.7. The van der Waals surface area contributed by atoms with Crippen molar-refractivity contribution in [1.82, 2.24) is 9.97 Å². The Labute approximate surface area is 118 Å². The molecule has 0 spiro atoms. The van der Waals surface area contributed by atoms with E-state index in [0.717, 1.165) is 37.1 Å². The van der Waals surface area contributed by atoms with Crippen molar-refractivity contribution in [3.8, 4) is 0 Å². The van der Waals surface area contributed by atoms with Crippen LogP contribution in [0, 0.1) is 0 Å². The first-order valence-corrected chi connectivity index (χ1v) is 6.70. The molecular weight excluding hydrogens is 281 g/mol. The highest BCUT2D eigenvalue weighted by Gasteiger charge is 2.30. The van der Waals surface area contributed by atoms with Gasteiger partial charge in [-0.25, -0.2) is 4.98 Å². The molecule has 1 aliphatic carbocycles. The molecule has 0 fully saturated rings. The Balaban J connectivity index is 1.91. The average molecular weight is 294 g/mol. The number of alkyl halides is 3. The summed E-state index contributed by atoms with van der Waals surface area (Å²) in [4.78, 5) is 18.9. The predicted octanol–water partition coefficient (Wildman–Crippen LogP) is 2.87. The Hall–Kier alpha value is -2.11. The molecule has 0 atom stereocenters. The van der Waals surface area contributed by atoms with Crippen LogP contribution in [-0.4, -0.2) is 9.97 Å². The summed E-state index contributed by atoms with van der Waals surface area (Å²) >= 11 is 0. The van der Waals surface area contributed by atoms with Gasteiger partial charge in [0.05, 0.1) is 11.3 Å². The highest BCUT2D eigenvalue weighted by molar-refractivity contribution is 5.29. The highest BCUT2D eigenvalue weighted by Crippen LogP contribution is 2.29. The third kappa shape index (κ3) is 2.84. The summed E-state index contributed by atoms with van der Waals surface area (Å²) in [5.74, 6) is 0.417. The number of H-pyrrole nitrogens is 1. The molecule has 1 aromatic carbocycles. The van der Waals surface area contributed by atoms with Gasteiger partial charge in [0.1, 0.15) is 5.82 Å². The molecule has 3 rings (SSSR count). The smallest absolute Gasteiger partial charge is 0.310 e. The van der Waals surface area contributed by atoms with E-state index in [1.807, 2.05) is 0 Å². The summed E-state index contributed by atoms with van der Waals surface area (Å²) in [5, 5.41) is 0. The molecule has 3 nitrogen and oxygen atoms in total. The minimum atomic E-state index is -4.37. The van der Waals surface area contributed by atoms with Gasteiger partial charge in [-0.05, 0) is 30.9 Å². The summed E-state index contributed by atoms with van der Waals surface area (Å²) in [7, 11) is 0. The van der Waals surface area contributed by atoms with Gasteiger partial charge >= 0.3 is 6.18 Å². The van der Waals surface area contributed by atoms with Crippen LogP contribution in [0.3, 0.4) is 0 Å². The van der Waals surface area contributed by atoms with Crippen LogP contribution < -0.4 is 5.56 Å². The lowest BCUT2D eigenvalue weighted by atomic mass is 10.1. The molecule has 0 saturated carbocycles. The molecule has 0 unspecified atom stereocenters. The minimum absolute atomic E-state index is 0.167. The fraction of sp³-hybridized carbons (Fsp3) is 0.333. The van der Waals surface area contributed by atoms with Gasteiger partial charge in [-0.15, -0.1) is 0 Å². The van der Waals surface area contributed by atoms with Crippen LogP contribution in [-0.2, 0) is 25.4 Å². The number of hydrogen-bond acceptors (Lipinski definition) is 2. The van der Waals surface area contributed by atoms with Crippen LogP contribution in [0.4, 0.5) is 13.2 Å². The van der Waals surface area contributed by atoms with Gasteiger partial charge in [-0.2, -0.15) is 13.2 Å².